The second kappa shape index (κ2) is 5.82. The summed E-state index contributed by atoms with van der Waals surface area (Å²) in [6, 6.07) is 0. The zero-order valence-corrected chi connectivity index (χ0v) is 9.55. The lowest BCUT2D eigenvalue weighted by Crippen LogP contribution is -2.09. The predicted octanol–water partition coefficient (Wildman–Crippen LogP) is 1.00. The van der Waals surface area contributed by atoms with Crippen LogP contribution in [0.25, 0.3) is 0 Å². The molecule has 0 fully saturated rings. The Balaban J connectivity index is 2.26. The van der Waals surface area contributed by atoms with Gasteiger partial charge in [0.2, 0.25) is 0 Å². The molecule has 0 aliphatic carbocycles. The van der Waals surface area contributed by atoms with E-state index in [1.807, 2.05) is 0 Å². The lowest BCUT2D eigenvalue weighted by Gasteiger charge is -2.05. The fourth-order valence-corrected chi connectivity index (χ4v) is 1.09. The normalized spacial score (nSPS) is 13.4. The van der Waals surface area contributed by atoms with E-state index < -0.39 is 6.10 Å². The van der Waals surface area contributed by atoms with Crippen LogP contribution in [-0.2, 0) is 11.3 Å². The van der Waals surface area contributed by atoms with Crippen molar-refractivity contribution >= 4 is 0 Å². The zero-order chi connectivity index (χ0) is 11.3. The van der Waals surface area contributed by atoms with Gasteiger partial charge in [0.25, 0.3) is 0 Å². The van der Waals surface area contributed by atoms with E-state index in [2.05, 4.69) is 24.2 Å². The Bertz CT molecular complexity index is 284. The maximum absolute atomic E-state index is 9.23. The number of hydrogen-bond acceptors (Lipinski definition) is 4. The standard InChI is InChI=1S/C10H19N3O2/c1-8(2)7-15-5-4-13-6-10(9(3)14)11-12-13/h6,8-9,14H,4-5,7H2,1-3H3. The molecule has 15 heavy (non-hydrogen) atoms. The molecule has 0 aromatic carbocycles. The predicted molar refractivity (Wildman–Crippen MR) is 56.3 cm³/mol. The largest absolute Gasteiger partial charge is 0.387 e. The van der Waals surface area contributed by atoms with Crippen molar-refractivity contribution in [3.63, 3.8) is 0 Å². The van der Waals surface area contributed by atoms with E-state index in [4.69, 9.17) is 4.74 Å². The van der Waals surface area contributed by atoms with Gasteiger partial charge in [-0.1, -0.05) is 19.1 Å². The molecule has 1 rings (SSSR count). The maximum Gasteiger partial charge on any atom is 0.111 e. The van der Waals surface area contributed by atoms with E-state index >= 15 is 0 Å². The Hall–Kier alpha value is -0.940. The monoisotopic (exact) mass is 213 g/mol. The number of aliphatic hydroxyl groups excluding tert-OH is 1. The van der Waals surface area contributed by atoms with Crippen LogP contribution in [0, 0.1) is 5.92 Å². The van der Waals surface area contributed by atoms with Crippen LogP contribution in [-0.4, -0.2) is 33.3 Å². The molecule has 0 saturated heterocycles. The molecule has 1 aromatic rings. The van der Waals surface area contributed by atoms with Crippen molar-refractivity contribution in [3.8, 4) is 0 Å². The highest BCUT2D eigenvalue weighted by molar-refractivity contribution is 4.95. The topological polar surface area (TPSA) is 60.2 Å². The van der Waals surface area contributed by atoms with Crippen LogP contribution in [0.15, 0.2) is 6.20 Å². The quantitative estimate of drug-likeness (QED) is 0.716. The molecule has 0 bridgehead atoms. The minimum Gasteiger partial charge on any atom is -0.387 e. The summed E-state index contributed by atoms with van der Waals surface area (Å²) < 4.78 is 7.10. The molecular formula is C10H19N3O2. The smallest absolute Gasteiger partial charge is 0.111 e. The van der Waals surface area contributed by atoms with Crippen molar-refractivity contribution in [3.05, 3.63) is 11.9 Å². The van der Waals surface area contributed by atoms with Crippen molar-refractivity contribution in [1.29, 1.82) is 0 Å². The van der Waals surface area contributed by atoms with Gasteiger partial charge in [0, 0.05) is 6.61 Å². The highest BCUT2D eigenvalue weighted by Crippen LogP contribution is 2.05. The Morgan fingerprint density at radius 3 is 2.73 bits per heavy atom. The van der Waals surface area contributed by atoms with Gasteiger partial charge < -0.3 is 9.84 Å². The molecule has 0 saturated carbocycles. The summed E-state index contributed by atoms with van der Waals surface area (Å²) in [5, 5.41) is 17.0. The van der Waals surface area contributed by atoms with Gasteiger partial charge in [0.15, 0.2) is 0 Å². The van der Waals surface area contributed by atoms with E-state index in [0.717, 1.165) is 6.61 Å². The highest BCUT2D eigenvalue weighted by atomic mass is 16.5. The molecular weight excluding hydrogens is 194 g/mol. The summed E-state index contributed by atoms with van der Waals surface area (Å²) in [5.74, 6) is 0.550. The van der Waals surface area contributed by atoms with Gasteiger partial charge >= 0.3 is 0 Å². The van der Waals surface area contributed by atoms with Crippen molar-refractivity contribution < 1.29 is 9.84 Å². The van der Waals surface area contributed by atoms with E-state index in [9.17, 15) is 5.11 Å². The van der Waals surface area contributed by atoms with Crippen molar-refractivity contribution in [2.75, 3.05) is 13.2 Å². The lowest BCUT2D eigenvalue weighted by atomic mass is 10.2. The van der Waals surface area contributed by atoms with Gasteiger partial charge in [0.05, 0.1) is 25.5 Å². The van der Waals surface area contributed by atoms with E-state index in [-0.39, 0.29) is 0 Å². The summed E-state index contributed by atoms with van der Waals surface area (Å²) in [7, 11) is 0. The van der Waals surface area contributed by atoms with Crippen LogP contribution < -0.4 is 0 Å². The third-order valence-electron chi connectivity index (χ3n) is 1.90. The molecule has 0 aliphatic rings. The molecule has 0 radical (unpaired) electrons. The molecule has 5 heteroatoms. The van der Waals surface area contributed by atoms with Gasteiger partial charge in [-0.2, -0.15) is 0 Å². The molecule has 1 N–H and O–H groups in total. The van der Waals surface area contributed by atoms with E-state index in [1.165, 1.54) is 0 Å². The molecule has 0 spiro atoms. The number of aromatic nitrogens is 3. The van der Waals surface area contributed by atoms with Crippen LogP contribution >= 0.6 is 0 Å². The summed E-state index contributed by atoms with van der Waals surface area (Å²) in [6.07, 6.45) is 1.18. The second-order valence-electron chi connectivity index (χ2n) is 4.05. The number of hydrogen-bond donors (Lipinski definition) is 1. The van der Waals surface area contributed by atoms with Gasteiger partial charge in [-0.05, 0) is 12.8 Å². The van der Waals surface area contributed by atoms with Crippen molar-refractivity contribution in [1.82, 2.24) is 15.0 Å². The number of nitrogens with zero attached hydrogens (tertiary/aromatic N) is 3. The first-order valence-corrected chi connectivity index (χ1v) is 5.25. The third-order valence-corrected chi connectivity index (χ3v) is 1.90. The first-order chi connectivity index (χ1) is 7.09. The Kier molecular flexibility index (Phi) is 4.71. The van der Waals surface area contributed by atoms with Crippen LogP contribution in [0.5, 0.6) is 0 Å². The number of rotatable bonds is 6. The molecule has 0 amide bonds. The van der Waals surface area contributed by atoms with Gasteiger partial charge in [-0.25, -0.2) is 4.68 Å². The molecule has 1 atom stereocenters. The SMILES string of the molecule is CC(C)COCCn1cc(C(C)O)nn1. The minimum absolute atomic E-state index is 0.550. The zero-order valence-electron chi connectivity index (χ0n) is 9.55. The summed E-state index contributed by atoms with van der Waals surface area (Å²) in [6.45, 7) is 7.96. The first kappa shape index (κ1) is 12.1. The van der Waals surface area contributed by atoms with Gasteiger partial charge in [-0.15, -0.1) is 5.10 Å². The van der Waals surface area contributed by atoms with E-state index in [1.54, 1.807) is 17.8 Å². The Morgan fingerprint density at radius 2 is 2.20 bits per heavy atom. The van der Waals surface area contributed by atoms with Crippen molar-refractivity contribution in [2.24, 2.45) is 5.92 Å². The maximum atomic E-state index is 9.23. The average molecular weight is 213 g/mol. The highest BCUT2D eigenvalue weighted by Gasteiger charge is 2.05. The van der Waals surface area contributed by atoms with Gasteiger partial charge in [-0.3, -0.25) is 0 Å². The molecule has 1 unspecified atom stereocenters. The number of ether oxygens (including phenoxy) is 1. The van der Waals surface area contributed by atoms with Gasteiger partial charge in [0.1, 0.15) is 5.69 Å². The van der Waals surface area contributed by atoms with Crippen LogP contribution in [0.3, 0.4) is 0 Å². The molecule has 1 aromatic heterocycles. The van der Waals surface area contributed by atoms with Crippen molar-refractivity contribution in [2.45, 2.75) is 33.4 Å². The second-order valence-corrected chi connectivity index (χ2v) is 4.05. The number of aliphatic hydroxyl groups is 1. The summed E-state index contributed by atoms with van der Waals surface area (Å²) in [4.78, 5) is 0. The minimum atomic E-state index is -0.560. The summed E-state index contributed by atoms with van der Waals surface area (Å²) >= 11 is 0. The fourth-order valence-electron chi connectivity index (χ4n) is 1.09. The third kappa shape index (κ3) is 4.40. The molecule has 0 aliphatic heterocycles. The van der Waals surface area contributed by atoms with Crippen LogP contribution in [0.2, 0.25) is 0 Å². The van der Waals surface area contributed by atoms with Crippen LogP contribution in [0.4, 0.5) is 0 Å². The lowest BCUT2D eigenvalue weighted by molar-refractivity contribution is 0.101. The van der Waals surface area contributed by atoms with Crippen LogP contribution in [0.1, 0.15) is 32.6 Å². The summed E-state index contributed by atoms with van der Waals surface area (Å²) in [5.41, 5.74) is 0.596. The molecule has 86 valence electrons. The van der Waals surface area contributed by atoms with E-state index in [0.29, 0.717) is 24.8 Å². The Labute approximate surface area is 90.1 Å². The fraction of sp³-hybridized carbons (Fsp3) is 0.800. The molecule has 5 nitrogen and oxygen atoms in total. The Morgan fingerprint density at radius 1 is 1.47 bits per heavy atom. The first-order valence-electron chi connectivity index (χ1n) is 5.25. The average Bonchev–Trinajstić information content (AvgIpc) is 2.60. The molecule has 1 heterocycles.